The van der Waals surface area contributed by atoms with Gasteiger partial charge in [0.05, 0.1) is 36.6 Å². The molecule has 1 aromatic carbocycles. The number of methoxy groups -OCH3 is 2. The fourth-order valence-corrected chi connectivity index (χ4v) is 9.58. The van der Waals surface area contributed by atoms with Gasteiger partial charge in [-0.3, -0.25) is 38.5 Å². The summed E-state index contributed by atoms with van der Waals surface area (Å²) in [6, 6.07) is 4.73. The van der Waals surface area contributed by atoms with E-state index in [0.717, 1.165) is 5.56 Å². The van der Waals surface area contributed by atoms with Crippen molar-refractivity contribution in [1.29, 1.82) is 0 Å². The van der Waals surface area contributed by atoms with E-state index in [1.54, 1.807) is 55.1 Å². The molecule has 2 heterocycles. The minimum atomic E-state index is -1.17. The third-order valence-corrected chi connectivity index (χ3v) is 13.7. The van der Waals surface area contributed by atoms with Gasteiger partial charge in [-0.25, -0.2) is 4.79 Å². The number of ether oxygens (including phenoxy) is 2. The van der Waals surface area contributed by atoms with Crippen molar-refractivity contribution >= 4 is 47.3 Å². The van der Waals surface area contributed by atoms with Gasteiger partial charge in [0, 0.05) is 65.9 Å². The van der Waals surface area contributed by atoms with Crippen molar-refractivity contribution in [2.75, 3.05) is 34.9 Å². The van der Waals surface area contributed by atoms with Crippen LogP contribution in [-0.4, -0.2) is 155 Å². The molecule has 0 radical (unpaired) electrons. The van der Waals surface area contributed by atoms with Crippen molar-refractivity contribution in [1.82, 2.24) is 30.2 Å². The Labute approximate surface area is 397 Å². The van der Waals surface area contributed by atoms with Crippen molar-refractivity contribution in [3.05, 3.63) is 48.0 Å². The molecule has 2 aliphatic rings. The van der Waals surface area contributed by atoms with Crippen LogP contribution in [0.5, 0.6) is 0 Å². The molecule has 3 N–H and O–H groups in total. The highest BCUT2D eigenvalue weighted by molar-refractivity contribution is 6.12. The smallest absolute Gasteiger partial charge is 0.326 e. The highest BCUT2D eigenvalue weighted by Crippen LogP contribution is 2.33. The maximum atomic E-state index is 14.6. The Bertz CT molecular complexity index is 1870. The standard InChI is InChI=1S/C50H78N6O11/c1-13-32(6)45(54(10)49(63)43(30(2)3)52-48(62)44(31(4)5)53(9)39(57)22-18-15-19-27-55-40(58)25-26-41(55)59)38(66-11)29-42(60)56-33(7)23-24-37(56)46(67-12)34(8)47(61)51-36(50(64)65)28-35-20-16-14-17-21-35/h14,16-17,20-21,25-26,30-34,36-38,43-46H,13,15,18-19,22-24,27-29H2,1-12H3,(H,51,61)(H,52,62)(H,64,65)/t32?,33-,34?,36?,37-,38?,43?,44?,45?,46?/m0/s1. The van der Waals surface area contributed by atoms with E-state index in [2.05, 4.69) is 10.6 Å². The Kier molecular flexibility index (Phi) is 22.1. The summed E-state index contributed by atoms with van der Waals surface area (Å²) in [6.45, 7) is 15.2. The summed E-state index contributed by atoms with van der Waals surface area (Å²) in [5.74, 6) is -5.28. The molecule has 1 aromatic rings. The molecule has 0 bridgehead atoms. The number of aliphatic carboxylic acids is 1. The molecule has 7 amide bonds. The number of unbranched alkanes of at least 4 members (excludes halogenated alkanes) is 2. The first-order valence-corrected chi connectivity index (χ1v) is 23.9. The molecule has 1 saturated heterocycles. The van der Waals surface area contributed by atoms with Crippen LogP contribution in [0.3, 0.4) is 0 Å². The second kappa shape index (κ2) is 26.4. The van der Waals surface area contributed by atoms with Gasteiger partial charge in [-0.2, -0.15) is 0 Å². The number of imide groups is 1. The molecule has 17 heteroatoms. The van der Waals surface area contributed by atoms with Gasteiger partial charge in [-0.1, -0.05) is 91.6 Å². The highest BCUT2D eigenvalue weighted by atomic mass is 16.5. The lowest BCUT2D eigenvalue weighted by molar-refractivity contribution is -0.150. The maximum absolute atomic E-state index is 14.6. The predicted octanol–water partition coefficient (Wildman–Crippen LogP) is 4.22. The lowest BCUT2D eigenvalue weighted by Crippen LogP contribution is -2.60. The molecule has 67 heavy (non-hydrogen) atoms. The van der Waals surface area contributed by atoms with Crippen molar-refractivity contribution in [2.45, 2.75) is 162 Å². The zero-order valence-electron chi connectivity index (χ0n) is 41.9. The van der Waals surface area contributed by atoms with Crippen molar-refractivity contribution < 1.29 is 52.9 Å². The summed E-state index contributed by atoms with van der Waals surface area (Å²) in [5.41, 5.74) is 0.761. The van der Waals surface area contributed by atoms with Crippen molar-refractivity contribution in [3.8, 4) is 0 Å². The summed E-state index contributed by atoms with van der Waals surface area (Å²) in [4.78, 5) is 112. The van der Waals surface area contributed by atoms with E-state index in [9.17, 15) is 43.5 Å². The van der Waals surface area contributed by atoms with E-state index in [1.807, 2.05) is 54.5 Å². The zero-order valence-corrected chi connectivity index (χ0v) is 41.9. The lowest BCUT2D eigenvalue weighted by atomic mass is 9.89. The average molecular weight is 939 g/mol. The number of likely N-dealkylation sites (tertiary alicyclic amines) is 1. The first-order valence-electron chi connectivity index (χ1n) is 23.9. The Morgan fingerprint density at radius 3 is 1.99 bits per heavy atom. The molecule has 2 aliphatic heterocycles. The van der Waals surface area contributed by atoms with Crippen LogP contribution in [0.1, 0.15) is 112 Å². The number of amides is 7. The Balaban J connectivity index is 1.74. The summed E-state index contributed by atoms with van der Waals surface area (Å²) >= 11 is 0. The van der Waals surface area contributed by atoms with Gasteiger partial charge >= 0.3 is 5.97 Å². The SMILES string of the molecule is CCC(C)C(C(CC(=O)N1[C@@H](C)CC[C@H]1C(OC)C(C)C(=O)NC(Cc1ccccc1)C(=O)O)OC)N(C)C(=O)C(NC(=O)C(C(C)C)N(C)C(=O)CCCCCN1C(=O)C=CC1=O)C(C)C. The Hall–Kier alpha value is -5.16. The quantitative estimate of drug-likeness (QED) is 0.0840. The highest BCUT2D eigenvalue weighted by Gasteiger charge is 2.46. The number of carboxylic acid groups (broad SMARTS) is 1. The van der Waals surface area contributed by atoms with Crippen LogP contribution in [0.4, 0.5) is 0 Å². The molecule has 1 fully saturated rings. The van der Waals surface area contributed by atoms with Crippen LogP contribution >= 0.6 is 0 Å². The lowest BCUT2D eigenvalue weighted by Gasteiger charge is -2.41. The van der Waals surface area contributed by atoms with Gasteiger partial charge < -0.3 is 39.9 Å². The maximum Gasteiger partial charge on any atom is 0.326 e. The van der Waals surface area contributed by atoms with E-state index in [4.69, 9.17) is 9.47 Å². The van der Waals surface area contributed by atoms with Crippen LogP contribution in [0.2, 0.25) is 0 Å². The number of rotatable bonds is 27. The summed E-state index contributed by atoms with van der Waals surface area (Å²) < 4.78 is 12.0. The Morgan fingerprint density at radius 2 is 1.45 bits per heavy atom. The number of carboxylic acids is 1. The molecule has 0 aromatic heterocycles. The Morgan fingerprint density at radius 1 is 0.821 bits per heavy atom. The van der Waals surface area contributed by atoms with E-state index >= 15 is 0 Å². The van der Waals surface area contributed by atoms with Gasteiger partial charge in [-0.05, 0) is 55.9 Å². The molecule has 0 saturated carbocycles. The minimum Gasteiger partial charge on any atom is -0.480 e. The number of likely N-dealkylation sites (N-methyl/N-ethyl adjacent to an activating group) is 2. The first kappa shape index (κ1) is 56.2. The van der Waals surface area contributed by atoms with Crippen LogP contribution in [0.15, 0.2) is 42.5 Å². The monoisotopic (exact) mass is 939 g/mol. The molecule has 3 rings (SSSR count). The number of hydrogen-bond acceptors (Lipinski definition) is 10. The van der Waals surface area contributed by atoms with Gasteiger partial charge in [0.25, 0.3) is 11.8 Å². The predicted molar refractivity (Wildman–Crippen MR) is 253 cm³/mol. The largest absolute Gasteiger partial charge is 0.480 e. The molecule has 374 valence electrons. The van der Waals surface area contributed by atoms with Gasteiger partial charge in [0.2, 0.25) is 29.5 Å². The molecule has 17 nitrogen and oxygen atoms in total. The molecule has 0 spiro atoms. The summed E-state index contributed by atoms with van der Waals surface area (Å²) in [5, 5.41) is 15.6. The average Bonchev–Trinajstić information content (AvgIpc) is 3.83. The van der Waals surface area contributed by atoms with Crippen molar-refractivity contribution in [2.24, 2.45) is 23.7 Å². The molecular weight excluding hydrogens is 861 g/mol. The minimum absolute atomic E-state index is 0.0914. The van der Waals surface area contributed by atoms with Gasteiger partial charge in [0.1, 0.15) is 18.1 Å². The van der Waals surface area contributed by atoms with E-state index in [0.29, 0.717) is 38.5 Å². The fraction of sp³-hybridized carbons (Fsp3) is 0.680. The molecule has 8 unspecified atom stereocenters. The number of nitrogens with zero attached hydrogens (tertiary/aromatic N) is 4. The van der Waals surface area contributed by atoms with E-state index < -0.39 is 66.1 Å². The normalized spacial score (nSPS) is 19.7. The third kappa shape index (κ3) is 14.9. The van der Waals surface area contributed by atoms with E-state index in [-0.39, 0.29) is 79.1 Å². The van der Waals surface area contributed by atoms with Crippen LogP contribution in [0.25, 0.3) is 0 Å². The molecular formula is C50H78N6O11. The number of benzene rings is 1. The molecule has 0 aliphatic carbocycles. The third-order valence-electron chi connectivity index (χ3n) is 13.7. The second-order valence-electron chi connectivity index (χ2n) is 19.1. The van der Waals surface area contributed by atoms with Crippen LogP contribution in [0, 0.1) is 23.7 Å². The van der Waals surface area contributed by atoms with Gasteiger partial charge in [-0.15, -0.1) is 0 Å². The van der Waals surface area contributed by atoms with Crippen LogP contribution in [-0.2, 0) is 54.3 Å². The number of hydrogen-bond donors (Lipinski definition) is 3. The van der Waals surface area contributed by atoms with Crippen molar-refractivity contribution in [3.63, 3.8) is 0 Å². The van der Waals surface area contributed by atoms with E-state index in [1.165, 1.54) is 36.2 Å². The second-order valence-corrected chi connectivity index (χ2v) is 19.1. The first-order chi connectivity index (χ1) is 31.6. The number of carbonyl (C=O) groups is 8. The molecule has 10 atom stereocenters. The van der Waals surface area contributed by atoms with Gasteiger partial charge in [0.15, 0.2) is 0 Å². The van der Waals surface area contributed by atoms with Crippen LogP contribution < -0.4 is 10.6 Å². The summed E-state index contributed by atoms with van der Waals surface area (Å²) in [7, 11) is 6.22. The zero-order chi connectivity index (χ0) is 50.3. The fourth-order valence-electron chi connectivity index (χ4n) is 9.58. The number of nitrogens with one attached hydrogen (secondary N) is 2. The summed E-state index contributed by atoms with van der Waals surface area (Å²) in [6.07, 6.45) is 4.64. The number of carbonyl (C=O) groups excluding carboxylic acids is 7. The topological polar surface area (TPSA) is 212 Å².